The van der Waals surface area contributed by atoms with Crippen molar-refractivity contribution in [1.29, 1.82) is 0 Å². The second kappa shape index (κ2) is 7.45. The van der Waals surface area contributed by atoms with Crippen LogP contribution >= 0.6 is 0 Å². The van der Waals surface area contributed by atoms with Crippen LogP contribution in [0, 0.1) is 11.3 Å². The van der Waals surface area contributed by atoms with Crippen molar-refractivity contribution in [3.63, 3.8) is 0 Å². The Bertz CT molecular complexity index is 307. The Kier molecular flexibility index (Phi) is 6.24. The summed E-state index contributed by atoms with van der Waals surface area (Å²) in [6, 6.07) is 0. The summed E-state index contributed by atoms with van der Waals surface area (Å²) in [5, 5.41) is 8.26. The zero-order valence-corrected chi connectivity index (χ0v) is 11.8. The molecule has 0 saturated carbocycles. The topological polar surface area (TPSA) is 71.1 Å². The highest BCUT2D eigenvalue weighted by atomic mass is 17.7. The van der Waals surface area contributed by atoms with Gasteiger partial charge in [0.15, 0.2) is 0 Å². The van der Waals surface area contributed by atoms with Crippen LogP contribution in [-0.2, 0) is 29.4 Å². The van der Waals surface area contributed by atoms with Gasteiger partial charge in [0.1, 0.15) is 0 Å². The van der Waals surface area contributed by atoms with Crippen molar-refractivity contribution < 1.29 is 29.4 Å². The fourth-order valence-corrected chi connectivity index (χ4v) is 2.07. The van der Waals surface area contributed by atoms with Crippen molar-refractivity contribution in [2.24, 2.45) is 11.3 Å². The fourth-order valence-electron chi connectivity index (χ4n) is 2.07. The zero-order chi connectivity index (χ0) is 14.3. The zero-order valence-electron chi connectivity index (χ0n) is 11.8. The summed E-state index contributed by atoms with van der Waals surface area (Å²) in [4.78, 5) is 31.8. The lowest BCUT2D eigenvalue weighted by atomic mass is 9.78. The van der Waals surface area contributed by atoms with Crippen molar-refractivity contribution in [2.75, 3.05) is 0 Å². The Hall–Kier alpha value is -1.14. The highest BCUT2D eigenvalue weighted by molar-refractivity contribution is 5.72. The molecule has 1 aliphatic heterocycles. The third kappa shape index (κ3) is 6.02. The monoisotopic (exact) mass is 274 g/mol. The molecular formula is C13H22O6. The van der Waals surface area contributed by atoms with Gasteiger partial charge in [0.25, 0.3) is 0 Å². The van der Waals surface area contributed by atoms with Crippen LogP contribution in [0.2, 0.25) is 0 Å². The van der Waals surface area contributed by atoms with Crippen molar-refractivity contribution in [3.8, 4) is 0 Å². The molecule has 110 valence electrons. The second-order valence-corrected chi connectivity index (χ2v) is 5.87. The first-order valence-corrected chi connectivity index (χ1v) is 6.66. The lowest BCUT2D eigenvalue weighted by Gasteiger charge is -2.27. The largest absolute Gasteiger partial charge is 0.349 e. The number of carbonyl (C=O) groups is 2. The van der Waals surface area contributed by atoms with E-state index in [1.807, 2.05) is 20.8 Å². The average molecular weight is 274 g/mol. The molecule has 0 amide bonds. The average Bonchev–Trinajstić information content (AvgIpc) is 2.32. The van der Waals surface area contributed by atoms with Crippen LogP contribution in [-0.4, -0.2) is 11.9 Å². The van der Waals surface area contributed by atoms with Gasteiger partial charge in [-0.1, -0.05) is 40.0 Å². The van der Waals surface area contributed by atoms with Gasteiger partial charge in [-0.25, -0.2) is 9.59 Å². The van der Waals surface area contributed by atoms with Gasteiger partial charge in [-0.15, -0.1) is 0 Å². The molecule has 0 bridgehead atoms. The van der Waals surface area contributed by atoms with E-state index < -0.39 is 11.9 Å². The molecule has 0 aromatic carbocycles. The molecule has 0 aromatic rings. The van der Waals surface area contributed by atoms with E-state index in [4.69, 9.17) is 0 Å². The van der Waals surface area contributed by atoms with E-state index in [0.29, 0.717) is 0 Å². The molecule has 1 unspecified atom stereocenters. The van der Waals surface area contributed by atoms with E-state index in [1.54, 1.807) is 0 Å². The van der Waals surface area contributed by atoms with E-state index in [0.717, 1.165) is 32.1 Å². The van der Waals surface area contributed by atoms with E-state index in [1.165, 1.54) is 0 Å². The third-order valence-corrected chi connectivity index (χ3v) is 3.22. The predicted octanol–water partition coefficient (Wildman–Crippen LogP) is 2.87. The van der Waals surface area contributed by atoms with Gasteiger partial charge in [0.2, 0.25) is 0 Å². The summed E-state index contributed by atoms with van der Waals surface area (Å²) >= 11 is 0. The summed E-state index contributed by atoms with van der Waals surface area (Å²) in [5.41, 5.74) is -0.225. The van der Waals surface area contributed by atoms with Crippen LogP contribution in [0.15, 0.2) is 0 Å². The highest BCUT2D eigenvalue weighted by Crippen LogP contribution is 2.31. The Morgan fingerprint density at radius 3 is 2.26 bits per heavy atom. The molecule has 1 atom stereocenters. The van der Waals surface area contributed by atoms with Crippen LogP contribution in [0.4, 0.5) is 0 Å². The minimum Gasteiger partial charge on any atom is -0.266 e. The first-order chi connectivity index (χ1) is 8.91. The lowest BCUT2D eigenvalue weighted by Crippen LogP contribution is -2.30. The molecule has 1 heterocycles. The number of hydrogen-bond acceptors (Lipinski definition) is 6. The highest BCUT2D eigenvalue weighted by Gasteiger charge is 2.33. The van der Waals surface area contributed by atoms with Crippen LogP contribution in [0.1, 0.15) is 59.3 Å². The Balaban J connectivity index is 2.59. The summed E-state index contributed by atoms with van der Waals surface area (Å²) in [6.45, 7) is 5.91. The summed E-state index contributed by atoms with van der Waals surface area (Å²) in [7, 11) is 0. The molecule has 1 saturated heterocycles. The van der Waals surface area contributed by atoms with Crippen molar-refractivity contribution >= 4 is 11.9 Å². The quantitative estimate of drug-likeness (QED) is 0.632. The number of hydrogen-bond donors (Lipinski definition) is 0. The molecule has 1 rings (SSSR count). The summed E-state index contributed by atoms with van der Waals surface area (Å²) in [6.07, 6.45) is 4.52. The second-order valence-electron chi connectivity index (χ2n) is 5.87. The standard InChI is InChI=1S/C13H22O6/c1-13(2,3)10-8-6-4-5-7-9-11(14)16-18-19-17-12(10)15/h10H,4-9H2,1-3H3. The van der Waals surface area contributed by atoms with Crippen LogP contribution in [0.25, 0.3) is 0 Å². The molecule has 0 spiro atoms. The van der Waals surface area contributed by atoms with Gasteiger partial charge in [-0.05, 0) is 18.3 Å². The van der Waals surface area contributed by atoms with Gasteiger partial charge in [0.05, 0.1) is 5.92 Å². The molecule has 0 aromatic heterocycles. The van der Waals surface area contributed by atoms with Crippen LogP contribution < -0.4 is 0 Å². The molecule has 6 nitrogen and oxygen atoms in total. The van der Waals surface area contributed by atoms with Gasteiger partial charge >= 0.3 is 11.9 Å². The third-order valence-electron chi connectivity index (χ3n) is 3.22. The minimum atomic E-state index is -0.539. The van der Waals surface area contributed by atoms with Gasteiger partial charge in [-0.2, -0.15) is 0 Å². The lowest BCUT2D eigenvalue weighted by molar-refractivity contribution is -0.601. The first-order valence-electron chi connectivity index (χ1n) is 6.66. The molecule has 6 heteroatoms. The van der Waals surface area contributed by atoms with Crippen LogP contribution in [0.5, 0.6) is 0 Å². The molecule has 19 heavy (non-hydrogen) atoms. The molecule has 0 aliphatic carbocycles. The van der Waals surface area contributed by atoms with Gasteiger partial charge in [0, 0.05) is 16.5 Å². The number of rotatable bonds is 0. The maximum absolute atomic E-state index is 11.9. The van der Waals surface area contributed by atoms with E-state index in [9.17, 15) is 9.59 Å². The molecule has 1 aliphatic rings. The maximum Gasteiger partial charge on any atom is 0.349 e. The number of carbonyl (C=O) groups excluding carboxylic acids is 2. The fraction of sp³-hybridized carbons (Fsp3) is 0.846. The first kappa shape index (κ1) is 15.9. The smallest absolute Gasteiger partial charge is 0.266 e. The predicted molar refractivity (Wildman–Crippen MR) is 65.0 cm³/mol. The summed E-state index contributed by atoms with van der Waals surface area (Å²) in [5.74, 6) is -1.34. The van der Waals surface area contributed by atoms with Crippen molar-refractivity contribution in [2.45, 2.75) is 59.3 Å². The van der Waals surface area contributed by atoms with Gasteiger partial charge < -0.3 is 0 Å². The Morgan fingerprint density at radius 2 is 1.58 bits per heavy atom. The summed E-state index contributed by atoms with van der Waals surface area (Å²) < 4.78 is 0. The normalized spacial score (nSPS) is 24.5. The SMILES string of the molecule is CC(C)(C)C1CCCCCCC(=O)OOOOC1=O. The van der Waals surface area contributed by atoms with Crippen LogP contribution in [0.3, 0.4) is 0 Å². The van der Waals surface area contributed by atoms with E-state index in [2.05, 4.69) is 19.9 Å². The molecule has 0 radical (unpaired) electrons. The minimum absolute atomic E-state index is 0.225. The molecular weight excluding hydrogens is 252 g/mol. The van der Waals surface area contributed by atoms with E-state index in [-0.39, 0.29) is 17.8 Å². The Morgan fingerprint density at radius 1 is 0.947 bits per heavy atom. The molecule has 1 fully saturated rings. The molecule has 0 N–H and O–H groups in total. The van der Waals surface area contributed by atoms with Crippen molar-refractivity contribution in [1.82, 2.24) is 0 Å². The maximum atomic E-state index is 11.9. The van der Waals surface area contributed by atoms with Gasteiger partial charge in [-0.3, -0.25) is 9.78 Å². The van der Waals surface area contributed by atoms with Crippen molar-refractivity contribution in [3.05, 3.63) is 0 Å². The Labute approximate surface area is 113 Å². The van der Waals surface area contributed by atoms with E-state index >= 15 is 0 Å².